The van der Waals surface area contributed by atoms with Gasteiger partial charge in [-0.15, -0.1) is 0 Å². The molecule has 1 unspecified atom stereocenters. The zero-order valence-electron chi connectivity index (χ0n) is 12.0. The quantitative estimate of drug-likeness (QED) is 0.899. The van der Waals surface area contributed by atoms with E-state index in [2.05, 4.69) is 34.9 Å². The highest BCUT2D eigenvalue weighted by molar-refractivity contribution is 9.10. The Bertz CT molecular complexity index is 578. The van der Waals surface area contributed by atoms with Crippen LogP contribution in [0.4, 0.5) is 0 Å². The summed E-state index contributed by atoms with van der Waals surface area (Å²) in [4.78, 5) is 0. The smallest absolute Gasteiger partial charge is 0.165 e. The van der Waals surface area contributed by atoms with Crippen molar-refractivity contribution in [1.29, 1.82) is 0 Å². The Morgan fingerprint density at radius 3 is 2.70 bits per heavy atom. The second-order valence-corrected chi connectivity index (χ2v) is 6.20. The summed E-state index contributed by atoms with van der Waals surface area (Å²) in [5.41, 5.74) is 6.98. The second-order valence-electron chi connectivity index (χ2n) is 5.29. The first-order valence-electron chi connectivity index (χ1n) is 6.71. The van der Waals surface area contributed by atoms with Crippen LogP contribution in [0.15, 0.2) is 35.1 Å². The predicted octanol–water partition coefficient (Wildman–Crippen LogP) is 3.91. The van der Waals surface area contributed by atoms with Crippen LogP contribution >= 0.6 is 15.9 Å². The highest BCUT2D eigenvalue weighted by Gasteiger charge is 2.10. The fourth-order valence-corrected chi connectivity index (χ4v) is 2.26. The van der Waals surface area contributed by atoms with E-state index in [9.17, 15) is 0 Å². The van der Waals surface area contributed by atoms with Gasteiger partial charge in [-0.3, -0.25) is 4.68 Å². The van der Waals surface area contributed by atoms with E-state index in [0.29, 0.717) is 6.04 Å². The molecule has 0 aliphatic rings. The Morgan fingerprint density at radius 1 is 1.35 bits per heavy atom. The summed E-state index contributed by atoms with van der Waals surface area (Å²) in [6.07, 6.45) is 4.42. The van der Waals surface area contributed by atoms with Crippen LogP contribution in [0, 0.1) is 0 Å². The van der Waals surface area contributed by atoms with Crippen molar-refractivity contribution in [2.24, 2.45) is 5.73 Å². The molecule has 0 bridgehead atoms. The lowest BCUT2D eigenvalue weighted by Gasteiger charge is -2.12. The molecule has 0 saturated heterocycles. The van der Waals surface area contributed by atoms with Crippen LogP contribution in [-0.4, -0.2) is 15.8 Å². The van der Waals surface area contributed by atoms with Gasteiger partial charge in [0.2, 0.25) is 0 Å². The first kappa shape index (κ1) is 15.1. The highest BCUT2D eigenvalue weighted by Crippen LogP contribution is 2.29. The molecule has 1 atom stereocenters. The summed E-state index contributed by atoms with van der Waals surface area (Å²) in [7, 11) is 0. The van der Waals surface area contributed by atoms with Crippen molar-refractivity contribution < 1.29 is 4.74 Å². The predicted molar refractivity (Wildman–Crippen MR) is 84.2 cm³/mol. The molecule has 0 spiro atoms. The van der Waals surface area contributed by atoms with Gasteiger partial charge in [0.1, 0.15) is 5.75 Å². The average molecular weight is 338 g/mol. The molecule has 1 aromatic carbocycles. The standard InChI is InChI=1S/C15H20BrN3O/c1-10(2)19-9-14(8-18-19)20-15-7-13(16)5-4-12(15)6-11(3)17/h4-5,7-11H,6,17H2,1-3H3. The Morgan fingerprint density at radius 2 is 2.10 bits per heavy atom. The topological polar surface area (TPSA) is 53.1 Å². The first-order valence-corrected chi connectivity index (χ1v) is 7.51. The van der Waals surface area contributed by atoms with E-state index in [0.717, 1.165) is 28.0 Å². The van der Waals surface area contributed by atoms with Crippen LogP contribution in [0.2, 0.25) is 0 Å². The van der Waals surface area contributed by atoms with Gasteiger partial charge in [-0.05, 0) is 44.9 Å². The third kappa shape index (κ3) is 3.84. The molecule has 2 N–H and O–H groups in total. The summed E-state index contributed by atoms with van der Waals surface area (Å²) in [6, 6.07) is 6.41. The van der Waals surface area contributed by atoms with Crippen LogP contribution < -0.4 is 10.5 Å². The number of benzene rings is 1. The van der Waals surface area contributed by atoms with Crippen LogP contribution in [0.5, 0.6) is 11.5 Å². The summed E-state index contributed by atoms with van der Waals surface area (Å²) >= 11 is 3.47. The van der Waals surface area contributed by atoms with E-state index < -0.39 is 0 Å². The molecule has 2 rings (SSSR count). The molecule has 0 radical (unpaired) electrons. The monoisotopic (exact) mass is 337 g/mol. The minimum Gasteiger partial charge on any atom is -0.454 e. The third-order valence-corrected chi connectivity index (χ3v) is 3.40. The summed E-state index contributed by atoms with van der Waals surface area (Å²) in [5.74, 6) is 1.56. The van der Waals surface area contributed by atoms with E-state index >= 15 is 0 Å². The van der Waals surface area contributed by atoms with E-state index in [4.69, 9.17) is 10.5 Å². The Balaban J connectivity index is 2.24. The molecule has 1 aromatic heterocycles. The molecular weight excluding hydrogens is 318 g/mol. The van der Waals surface area contributed by atoms with Gasteiger partial charge < -0.3 is 10.5 Å². The van der Waals surface area contributed by atoms with Gasteiger partial charge in [0.05, 0.1) is 12.4 Å². The minimum atomic E-state index is 0.0944. The molecule has 0 aliphatic heterocycles. The number of aromatic nitrogens is 2. The zero-order valence-corrected chi connectivity index (χ0v) is 13.6. The van der Waals surface area contributed by atoms with Gasteiger partial charge in [0.25, 0.3) is 0 Å². The number of halogens is 1. The lowest BCUT2D eigenvalue weighted by atomic mass is 10.1. The largest absolute Gasteiger partial charge is 0.454 e. The van der Waals surface area contributed by atoms with Crippen molar-refractivity contribution in [3.05, 3.63) is 40.6 Å². The van der Waals surface area contributed by atoms with Crippen molar-refractivity contribution in [1.82, 2.24) is 9.78 Å². The Hall–Kier alpha value is -1.33. The maximum Gasteiger partial charge on any atom is 0.165 e. The summed E-state index contributed by atoms with van der Waals surface area (Å²) in [6.45, 7) is 6.15. The minimum absolute atomic E-state index is 0.0944. The SMILES string of the molecule is CC(N)Cc1ccc(Br)cc1Oc1cnn(C(C)C)c1. The normalized spacial score (nSPS) is 12.7. The molecule has 4 nitrogen and oxygen atoms in total. The molecule has 20 heavy (non-hydrogen) atoms. The van der Waals surface area contributed by atoms with Gasteiger partial charge in [-0.1, -0.05) is 22.0 Å². The zero-order chi connectivity index (χ0) is 14.7. The van der Waals surface area contributed by atoms with Crippen LogP contribution in [0.1, 0.15) is 32.4 Å². The van der Waals surface area contributed by atoms with Crippen molar-refractivity contribution >= 4 is 15.9 Å². The van der Waals surface area contributed by atoms with Gasteiger partial charge in [0.15, 0.2) is 5.75 Å². The maximum absolute atomic E-state index is 5.95. The molecule has 5 heteroatoms. The van der Waals surface area contributed by atoms with Gasteiger partial charge >= 0.3 is 0 Å². The summed E-state index contributed by atoms with van der Waals surface area (Å²) in [5, 5.41) is 4.28. The van der Waals surface area contributed by atoms with Crippen molar-refractivity contribution in [2.75, 3.05) is 0 Å². The third-order valence-electron chi connectivity index (χ3n) is 2.91. The molecule has 108 valence electrons. The van der Waals surface area contributed by atoms with E-state index in [1.165, 1.54) is 0 Å². The fourth-order valence-electron chi connectivity index (χ4n) is 1.92. The van der Waals surface area contributed by atoms with Gasteiger partial charge in [0, 0.05) is 16.6 Å². The summed E-state index contributed by atoms with van der Waals surface area (Å²) < 4.78 is 8.81. The van der Waals surface area contributed by atoms with Crippen molar-refractivity contribution in [3.8, 4) is 11.5 Å². The highest BCUT2D eigenvalue weighted by atomic mass is 79.9. The first-order chi connectivity index (χ1) is 9.45. The Kier molecular flexibility index (Phi) is 4.83. The van der Waals surface area contributed by atoms with Crippen molar-refractivity contribution in [2.45, 2.75) is 39.3 Å². The molecule has 0 aliphatic carbocycles. The van der Waals surface area contributed by atoms with Gasteiger partial charge in [-0.25, -0.2) is 0 Å². The van der Waals surface area contributed by atoms with E-state index in [-0.39, 0.29) is 6.04 Å². The number of rotatable bonds is 5. The fraction of sp³-hybridized carbons (Fsp3) is 0.400. The number of ether oxygens (including phenoxy) is 1. The van der Waals surface area contributed by atoms with Crippen LogP contribution in [-0.2, 0) is 6.42 Å². The average Bonchev–Trinajstić information content (AvgIpc) is 2.81. The molecule has 0 fully saturated rings. The maximum atomic E-state index is 5.95. The number of nitrogens with zero attached hydrogens (tertiary/aromatic N) is 2. The molecular formula is C15H20BrN3O. The molecule has 0 saturated carbocycles. The number of hydrogen-bond acceptors (Lipinski definition) is 3. The lowest BCUT2D eigenvalue weighted by Crippen LogP contribution is -2.18. The van der Waals surface area contributed by atoms with E-state index in [1.54, 1.807) is 6.20 Å². The molecule has 1 heterocycles. The Labute approximate surface area is 128 Å². The van der Waals surface area contributed by atoms with Crippen molar-refractivity contribution in [3.63, 3.8) is 0 Å². The number of hydrogen-bond donors (Lipinski definition) is 1. The molecule has 0 amide bonds. The van der Waals surface area contributed by atoms with Crippen LogP contribution in [0.25, 0.3) is 0 Å². The van der Waals surface area contributed by atoms with E-state index in [1.807, 2.05) is 36.0 Å². The lowest BCUT2D eigenvalue weighted by molar-refractivity contribution is 0.469. The molecule has 2 aromatic rings. The van der Waals surface area contributed by atoms with Crippen LogP contribution in [0.3, 0.4) is 0 Å². The second kappa shape index (κ2) is 6.41. The number of nitrogens with two attached hydrogens (primary N) is 1. The van der Waals surface area contributed by atoms with Gasteiger partial charge in [-0.2, -0.15) is 5.10 Å².